The Hall–Kier alpha value is -2.86. The normalized spacial score (nSPS) is 19.8. The molecule has 7 heteroatoms. The zero-order valence-corrected chi connectivity index (χ0v) is 18.2. The van der Waals surface area contributed by atoms with Gasteiger partial charge < -0.3 is 9.64 Å². The van der Waals surface area contributed by atoms with Gasteiger partial charge in [-0.15, -0.1) is 0 Å². The van der Waals surface area contributed by atoms with Crippen molar-refractivity contribution in [2.75, 3.05) is 7.11 Å². The maximum atomic E-state index is 13.9. The quantitative estimate of drug-likeness (QED) is 0.565. The Labute approximate surface area is 185 Å². The van der Waals surface area contributed by atoms with E-state index in [1.54, 1.807) is 37.4 Å². The Morgan fingerprint density at radius 3 is 2.81 bits per heavy atom. The number of hydrogen-bond acceptors (Lipinski definition) is 3. The molecule has 2 aliphatic heterocycles. The van der Waals surface area contributed by atoms with Crippen LogP contribution in [0.1, 0.15) is 46.9 Å². The van der Waals surface area contributed by atoms with Gasteiger partial charge in [0.1, 0.15) is 11.6 Å². The number of fused-ring (bicyclic) bond motifs is 4. The van der Waals surface area contributed by atoms with E-state index in [4.69, 9.17) is 21.4 Å². The number of methoxy groups -OCH3 is 1. The van der Waals surface area contributed by atoms with Gasteiger partial charge in [-0.25, -0.2) is 4.39 Å². The van der Waals surface area contributed by atoms with Crippen LogP contribution in [0.25, 0.3) is 11.3 Å². The highest BCUT2D eigenvalue weighted by atomic mass is 35.5. The Morgan fingerprint density at radius 2 is 2.03 bits per heavy atom. The van der Waals surface area contributed by atoms with Crippen molar-refractivity contribution in [2.45, 2.75) is 37.8 Å². The largest absolute Gasteiger partial charge is 0.495 e. The lowest BCUT2D eigenvalue weighted by atomic mass is 9.81. The predicted molar refractivity (Wildman–Crippen MR) is 117 cm³/mol. The summed E-state index contributed by atoms with van der Waals surface area (Å²) in [6, 6.07) is 11.8. The molecule has 0 unspecified atom stereocenters. The lowest BCUT2D eigenvalue weighted by molar-refractivity contribution is 0.0391. The molecule has 0 saturated carbocycles. The van der Waals surface area contributed by atoms with Crippen molar-refractivity contribution in [2.24, 2.45) is 7.05 Å². The number of nitrogens with zero attached hydrogens (tertiary/aromatic N) is 3. The Kier molecular flexibility index (Phi) is 4.97. The Bertz CT molecular complexity index is 1180. The van der Waals surface area contributed by atoms with Gasteiger partial charge >= 0.3 is 0 Å². The zero-order chi connectivity index (χ0) is 21.7. The SMILES string of the molecule is COc1cccc(C(=O)N2[C@@H]3CCC[C@H]2c2nn(C)c(-c4cccc(F)c4)c2C3)c1Cl. The van der Waals surface area contributed by atoms with Gasteiger partial charge in [-0.1, -0.05) is 29.8 Å². The summed E-state index contributed by atoms with van der Waals surface area (Å²) in [6.45, 7) is 0. The van der Waals surface area contributed by atoms with Crippen molar-refractivity contribution >= 4 is 17.5 Å². The number of halogens is 2. The van der Waals surface area contributed by atoms with Crippen molar-refractivity contribution in [3.05, 3.63) is 70.1 Å². The Balaban J connectivity index is 1.58. The van der Waals surface area contributed by atoms with Gasteiger partial charge in [0.2, 0.25) is 0 Å². The average molecular weight is 440 g/mol. The molecular formula is C24H23ClFN3O2. The number of aryl methyl sites for hydroxylation is 1. The van der Waals surface area contributed by atoms with Crippen LogP contribution in [-0.2, 0) is 13.5 Å². The van der Waals surface area contributed by atoms with Gasteiger partial charge in [-0.2, -0.15) is 5.10 Å². The minimum absolute atomic E-state index is 0.0533. The van der Waals surface area contributed by atoms with Crippen LogP contribution in [0.15, 0.2) is 42.5 Å². The third kappa shape index (κ3) is 3.21. The first-order chi connectivity index (χ1) is 15.0. The first-order valence-corrected chi connectivity index (χ1v) is 10.8. The molecule has 2 bridgehead atoms. The van der Waals surface area contributed by atoms with E-state index in [0.29, 0.717) is 22.8 Å². The van der Waals surface area contributed by atoms with E-state index in [-0.39, 0.29) is 23.8 Å². The van der Waals surface area contributed by atoms with Crippen molar-refractivity contribution in [1.29, 1.82) is 0 Å². The number of aromatic nitrogens is 2. The fourth-order valence-corrected chi connectivity index (χ4v) is 5.40. The summed E-state index contributed by atoms with van der Waals surface area (Å²) >= 11 is 6.48. The second-order valence-electron chi connectivity index (χ2n) is 8.19. The van der Waals surface area contributed by atoms with Crippen LogP contribution in [-0.4, -0.2) is 33.7 Å². The third-order valence-electron chi connectivity index (χ3n) is 6.42. The maximum Gasteiger partial charge on any atom is 0.256 e. The van der Waals surface area contributed by atoms with Crippen LogP contribution in [0.5, 0.6) is 5.75 Å². The summed E-state index contributed by atoms with van der Waals surface area (Å²) < 4.78 is 21.0. The van der Waals surface area contributed by atoms with Crippen LogP contribution in [0.4, 0.5) is 4.39 Å². The molecule has 1 fully saturated rings. The van der Waals surface area contributed by atoms with Crippen LogP contribution in [0, 0.1) is 5.82 Å². The average Bonchev–Trinajstić information content (AvgIpc) is 3.08. The van der Waals surface area contributed by atoms with E-state index in [9.17, 15) is 9.18 Å². The van der Waals surface area contributed by atoms with E-state index >= 15 is 0 Å². The fraction of sp³-hybridized carbons (Fsp3) is 0.333. The smallest absolute Gasteiger partial charge is 0.256 e. The van der Waals surface area contributed by atoms with Crippen molar-refractivity contribution < 1.29 is 13.9 Å². The molecule has 1 aromatic heterocycles. The highest BCUT2D eigenvalue weighted by molar-refractivity contribution is 6.35. The molecule has 31 heavy (non-hydrogen) atoms. The fourth-order valence-electron chi connectivity index (χ4n) is 5.12. The van der Waals surface area contributed by atoms with E-state index in [0.717, 1.165) is 41.8 Å². The number of benzene rings is 2. The van der Waals surface area contributed by atoms with E-state index in [1.807, 2.05) is 22.7 Å². The standard InChI is InChI=1S/C24H23ClFN3O2/c1-28-23(14-6-3-7-15(26)12-14)18-13-16-8-4-10-19(22(18)27-28)29(16)24(30)17-9-5-11-20(31-2)21(17)25/h3,5-7,9,11-12,16,19H,4,8,10,13H2,1-2H3/t16-,19+/m1/s1. The second kappa shape index (κ2) is 7.68. The van der Waals surface area contributed by atoms with E-state index < -0.39 is 0 Å². The number of amides is 1. The van der Waals surface area contributed by atoms with Gasteiger partial charge in [0.05, 0.1) is 35.1 Å². The molecule has 2 atom stereocenters. The highest BCUT2D eigenvalue weighted by Gasteiger charge is 2.44. The number of carbonyl (C=O) groups is 1. The van der Waals surface area contributed by atoms with Gasteiger partial charge in [0.15, 0.2) is 0 Å². The van der Waals surface area contributed by atoms with Crippen molar-refractivity contribution in [3.63, 3.8) is 0 Å². The van der Waals surface area contributed by atoms with Crippen LogP contribution in [0.3, 0.4) is 0 Å². The summed E-state index contributed by atoms with van der Waals surface area (Å²) in [7, 11) is 3.42. The van der Waals surface area contributed by atoms with Gasteiger partial charge in [0.25, 0.3) is 5.91 Å². The molecule has 2 aromatic carbocycles. The second-order valence-corrected chi connectivity index (χ2v) is 8.56. The van der Waals surface area contributed by atoms with E-state index in [2.05, 4.69) is 0 Å². The highest BCUT2D eigenvalue weighted by Crippen LogP contribution is 2.45. The summed E-state index contributed by atoms with van der Waals surface area (Å²) in [5.74, 6) is 0.122. The number of piperidine rings is 1. The van der Waals surface area contributed by atoms with Crippen molar-refractivity contribution in [1.82, 2.24) is 14.7 Å². The number of carbonyl (C=O) groups excluding carboxylic acids is 1. The zero-order valence-electron chi connectivity index (χ0n) is 17.4. The lowest BCUT2D eigenvalue weighted by Crippen LogP contribution is -2.50. The Morgan fingerprint density at radius 1 is 1.23 bits per heavy atom. The maximum absolute atomic E-state index is 13.9. The molecule has 3 heterocycles. The molecule has 5 nitrogen and oxygen atoms in total. The van der Waals surface area contributed by atoms with Gasteiger partial charge in [-0.3, -0.25) is 9.48 Å². The minimum atomic E-state index is -0.270. The first kappa shape index (κ1) is 20.1. The van der Waals surface area contributed by atoms with Crippen molar-refractivity contribution in [3.8, 4) is 17.0 Å². The van der Waals surface area contributed by atoms with Gasteiger partial charge in [-0.05, 0) is 49.9 Å². The van der Waals surface area contributed by atoms with E-state index in [1.165, 1.54) is 6.07 Å². The minimum Gasteiger partial charge on any atom is -0.495 e. The predicted octanol–water partition coefficient (Wildman–Crippen LogP) is 5.18. The topological polar surface area (TPSA) is 47.4 Å². The molecule has 0 spiro atoms. The monoisotopic (exact) mass is 439 g/mol. The number of ether oxygens (including phenoxy) is 1. The molecule has 2 aliphatic rings. The summed E-state index contributed by atoms with van der Waals surface area (Å²) in [6.07, 6.45) is 3.49. The summed E-state index contributed by atoms with van der Waals surface area (Å²) in [4.78, 5) is 15.6. The number of rotatable bonds is 3. The lowest BCUT2D eigenvalue weighted by Gasteiger charge is -2.45. The van der Waals surface area contributed by atoms with Crippen LogP contribution in [0.2, 0.25) is 5.02 Å². The molecule has 160 valence electrons. The summed E-state index contributed by atoms with van der Waals surface area (Å²) in [5, 5.41) is 5.14. The molecule has 1 amide bonds. The summed E-state index contributed by atoms with van der Waals surface area (Å²) in [5.41, 5.74) is 4.21. The van der Waals surface area contributed by atoms with Crippen LogP contribution < -0.4 is 4.74 Å². The first-order valence-electron chi connectivity index (χ1n) is 10.5. The molecule has 0 aliphatic carbocycles. The number of hydrogen-bond donors (Lipinski definition) is 0. The molecular weight excluding hydrogens is 417 g/mol. The molecule has 5 rings (SSSR count). The third-order valence-corrected chi connectivity index (χ3v) is 6.81. The molecule has 1 saturated heterocycles. The van der Waals surface area contributed by atoms with Crippen LogP contribution >= 0.6 is 11.6 Å². The molecule has 0 N–H and O–H groups in total. The molecule has 0 radical (unpaired) electrons. The molecule has 3 aromatic rings. The van der Waals surface area contributed by atoms with Gasteiger partial charge in [0, 0.05) is 24.2 Å².